The van der Waals surface area contributed by atoms with E-state index in [-0.39, 0.29) is 0 Å². The molecule has 2 amide bonds. The number of rotatable bonds is 26. The zero-order valence-corrected chi connectivity index (χ0v) is 32.3. The van der Waals surface area contributed by atoms with Crippen LogP contribution in [-0.2, 0) is 33.3 Å². The van der Waals surface area contributed by atoms with Crippen LogP contribution < -0.4 is 10.6 Å². The van der Waals surface area contributed by atoms with Gasteiger partial charge in [-0.25, -0.2) is 4.79 Å². The number of aliphatic carboxylic acids is 1. The lowest BCUT2D eigenvalue weighted by atomic mass is 9.88. The van der Waals surface area contributed by atoms with Crippen LogP contribution in [0.25, 0.3) is 0 Å². The molecular formula is C37H66N2O16. The number of aliphatic hydroxyl groups is 8. The first kappa shape index (κ1) is 48.8. The Kier molecular flexibility index (Phi) is 22.3. The summed E-state index contributed by atoms with van der Waals surface area (Å²) in [7, 11) is 0. The van der Waals surface area contributed by atoms with E-state index in [1.54, 1.807) is 6.08 Å². The number of carbonyl (C=O) groups is 3. The van der Waals surface area contributed by atoms with E-state index in [0.717, 1.165) is 26.2 Å². The summed E-state index contributed by atoms with van der Waals surface area (Å²) >= 11 is 0. The number of carboxylic acids is 1. The summed E-state index contributed by atoms with van der Waals surface area (Å²) in [5.74, 6) is -6.06. The van der Waals surface area contributed by atoms with Crippen molar-refractivity contribution in [3.05, 3.63) is 12.2 Å². The molecule has 55 heavy (non-hydrogen) atoms. The predicted molar refractivity (Wildman–Crippen MR) is 195 cm³/mol. The van der Waals surface area contributed by atoms with E-state index in [0.29, 0.717) is 6.42 Å². The Morgan fingerprint density at radius 1 is 0.891 bits per heavy atom. The Bertz CT molecular complexity index is 1160. The SMILES string of the molecule is CCCCCCCCCCCCC/C=C/[C@@H](O)[C@H](CO[C@@H]1O[C@H](CO)[C@H](O)[C@H](O[C@]2(C(=O)O)C[C@H](O)[C@@H](NC(C)=O)[C@H]([C@H](O)[C@H](O)CO)O2)[C@H]1O)NC(C)=O. The molecule has 2 fully saturated rings. The highest BCUT2D eigenvalue weighted by Gasteiger charge is 2.59. The van der Waals surface area contributed by atoms with Crippen LogP contribution in [0.1, 0.15) is 104 Å². The van der Waals surface area contributed by atoms with Gasteiger partial charge in [0.15, 0.2) is 6.29 Å². The summed E-state index contributed by atoms with van der Waals surface area (Å²) < 4.78 is 22.5. The second-order valence-corrected chi connectivity index (χ2v) is 14.6. The molecule has 2 rings (SSSR count). The molecule has 2 aliphatic rings. The molecular weight excluding hydrogens is 728 g/mol. The molecule has 11 N–H and O–H groups in total. The summed E-state index contributed by atoms with van der Waals surface area (Å²) in [4.78, 5) is 36.6. The molecule has 0 saturated carbocycles. The molecule has 0 radical (unpaired) electrons. The number of carboxylic acid groups (broad SMARTS) is 1. The maximum atomic E-state index is 12.7. The number of amides is 2. The van der Waals surface area contributed by atoms with E-state index >= 15 is 0 Å². The molecule has 2 aliphatic heterocycles. The number of aliphatic hydroxyl groups excluding tert-OH is 8. The van der Waals surface area contributed by atoms with Gasteiger partial charge in [-0.2, -0.15) is 0 Å². The summed E-state index contributed by atoms with van der Waals surface area (Å²) in [5, 5.41) is 99.4. The molecule has 13 atom stereocenters. The Labute approximate surface area is 322 Å². The summed E-state index contributed by atoms with van der Waals surface area (Å²) in [6.45, 7) is 2.17. The Morgan fingerprint density at radius 2 is 1.49 bits per heavy atom. The van der Waals surface area contributed by atoms with Crippen molar-refractivity contribution >= 4 is 17.8 Å². The van der Waals surface area contributed by atoms with Gasteiger partial charge in [0.05, 0.1) is 44.1 Å². The van der Waals surface area contributed by atoms with Gasteiger partial charge in [0, 0.05) is 20.3 Å². The highest BCUT2D eigenvalue weighted by Crippen LogP contribution is 2.37. The number of unbranched alkanes of at least 4 members (excludes halogenated alkanes) is 11. The summed E-state index contributed by atoms with van der Waals surface area (Å²) in [6, 6.07) is -2.55. The normalized spacial score (nSPS) is 30.7. The van der Waals surface area contributed by atoms with Crippen LogP contribution in [0.4, 0.5) is 0 Å². The number of allylic oxidation sites excluding steroid dienone is 1. The van der Waals surface area contributed by atoms with Gasteiger partial charge >= 0.3 is 5.97 Å². The van der Waals surface area contributed by atoms with Crippen molar-refractivity contribution < 1.29 is 79.3 Å². The van der Waals surface area contributed by atoms with Crippen LogP contribution in [0, 0.1) is 0 Å². The molecule has 0 unspecified atom stereocenters. The molecule has 18 heteroatoms. The monoisotopic (exact) mass is 794 g/mol. The quantitative estimate of drug-likeness (QED) is 0.0374. The lowest BCUT2D eigenvalue weighted by molar-refractivity contribution is -0.370. The fraction of sp³-hybridized carbons (Fsp3) is 0.865. The molecule has 0 aromatic carbocycles. The zero-order chi connectivity index (χ0) is 41.1. The van der Waals surface area contributed by atoms with E-state index in [4.69, 9.17) is 18.9 Å². The minimum absolute atomic E-state index is 0.461. The third-order valence-corrected chi connectivity index (χ3v) is 9.88. The van der Waals surface area contributed by atoms with Crippen molar-refractivity contribution in [3.8, 4) is 0 Å². The fourth-order valence-corrected chi connectivity index (χ4v) is 6.78. The maximum Gasteiger partial charge on any atom is 0.364 e. The van der Waals surface area contributed by atoms with Gasteiger partial charge in [0.2, 0.25) is 11.8 Å². The van der Waals surface area contributed by atoms with E-state index in [1.807, 2.05) is 0 Å². The first-order valence-electron chi connectivity index (χ1n) is 19.5. The Morgan fingerprint density at radius 3 is 2.02 bits per heavy atom. The smallest absolute Gasteiger partial charge is 0.364 e. The summed E-state index contributed by atoms with van der Waals surface area (Å²) in [5.41, 5.74) is 0. The Balaban J connectivity index is 2.11. The minimum Gasteiger partial charge on any atom is -0.477 e. The topological polar surface area (TPSA) is 294 Å². The third kappa shape index (κ3) is 15.5. The van der Waals surface area contributed by atoms with Crippen LogP contribution >= 0.6 is 0 Å². The van der Waals surface area contributed by atoms with E-state index < -0.39 is 123 Å². The van der Waals surface area contributed by atoms with Crippen LogP contribution in [0.2, 0.25) is 0 Å². The average molecular weight is 795 g/mol. The molecule has 0 aromatic heterocycles. The first-order chi connectivity index (χ1) is 26.1. The molecule has 320 valence electrons. The lowest BCUT2D eigenvalue weighted by Crippen LogP contribution is -2.70. The van der Waals surface area contributed by atoms with Crippen LogP contribution in [0.15, 0.2) is 12.2 Å². The first-order valence-corrected chi connectivity index (χ1v) is 19.5. The zero-order valence-electron chi connectivity index (χ0n) is 32.3. The number of hydrogen-bond donors (Lipinski definition) is 11. The van der Waals surface area contributed by atoms with Crippen LogP contribution in [0.3, 0.4) is 0 Å². The summed E-state index contributed by atoms with van der Waals surface area (Å²) in [6.07, 6.45) is -1.85. The number of ether oxygens (including phenoxy) is 4. The molecule has 2 saturated heterocycles. The highest BCUT2D eigenvalue weighted by atomic mass is 16.8. The van der Waals surface area contributed by atoms with Crippen molar-refractivity contribution in [2.75, 3.05) is 19.8 Å². The van der Waals surface area contributed by atoms with Crippen molar-refractivity contribution in [1.29, 1.82) is 0 Å². The molecule has 18 nitrogen and oxygen atoms in total. The molecule has 0 bridgehead atoms. The maximum absolute atomic E-state index is 12.7. The van der Waals surface area contributed by atoms with Crippen molar-refractivity contribution in [2.24, 2.45) is 0 Å². The van der Waals surface area contributed by atoms with Gasteiger partial charge in [-0.05, 0) is 12.8 Å². The van der Waals surface area contributed by atoms with E-state index in [9.17, 15) is 60.3 Å². The molecule has 2 heterocycles. The number of hydrogen-bond acceptors (Lipinski definition) is 15. The second-order valence-electron chi connectivity index (χ2n) is 14.6. The van der Waals surface area contributed by atoms with Gasteiger partial charge in [-0.1, -0.05) is 83.3 Å². The molecule has 0 spiro atoms. The Hall–Kier alpha value is -2.33. The van der Waals surface area contributed by atoms with E-state index in [2.05, 4.69) is 17.6 Å². The second kappa shape index (κ2) is 25.1. The van der Waals surface area contributed by atoms with Gasteiger partial charge in [-0.3, -0.25) is 9.59 Å². The van der Waals surface area contributed by atoms with Crippen molar-refractivity contribution in [2.45, 2.75) is 183 Å². The predicted octanol–water partition coefficient (Wildman–Crippen LogP) is -0.900. The largest absolute Gasteiger partial charge is 0.477 e. The minimum atomic E-state index is -2.95. The van der Waals surface area contributed by atoms with Crippen LogP contribution in [-0.4, -0.2) is 163 Å². The van der Waals surface area contributed by atoms with Gasteiger partial charge in [0.1, 0.15) is 42.7 Å². The van der Waals surface area contributed by atoms with Gasteiger partial charge in [0.25, 0.3) is 5.79 Å². The number of carbonyl (C=O) groups excluding carboxylic acids is 2. The number of nitrogens with one attached hydrogen (secondary N) is 2. The van der Waals surface area contributed by atoms with E-state index in [1.165, 1.54) is 64.4 Å². The van der Waals surface area contributed by atoms with Crippen LogP contribution in [0.5, 0.6) is 0 Å². The fourth-order valence-electron chi connectivity index (χ4n) is 6.78. The van der Waals surface area contributed by atoms with Gasteiger partial charge in [-0.15, -0.1) is 0 Å². The van der Waals surface area contributed by atoms with Crippen molar-refractivity contribution in [3.63, 3.8) is 0 Å². The highest BCUT2D eigenvalue weighted by molar-refractivity contribution is 5.76. The molecule has 0 aromatic rings. The molecule has 0 aliphatic carbocycles. The third-order valence-electron chi connectivity index (χ3n) is 9.88. The lowest BCUT2D eigenvalue weighted by Gasteiger charge is -2.50. The average Bonchev–Trinajstić information content (AvgIpc) is 3.14. The standard InChI is InChI=1S/C37H66N2O16/c1-4-5-6-7-8-9-10-11-12-13-14-15-16-17-25(44)24(38-22(2)42)21-52-35-32(49)34(31(48)28(20-41)53-35)55-37(36(50)51)18-26(45)29(39-23(3)43)33(54-37)30(47)27(46)19-40/h16-17,24-35,40-41,44-49H,4-15,18-21H2,1-3H3,(H,38,42)(H,39,43)(H,50,51)/b17-16+/t24-,25+,26-,27+,28+,29+,30+,31-,32+,33+,34-,35+,37-/m0/s1. The van der Waals surface area contributed by atoms with Crippen molar-refractivity contribution in [1.82, 2.24) is 10.6 Å². The van der Waals surface area contributed by atoms with Gasteiger partial charge < -0.3 is 75.5 Å².